The van der Waals surface area contributed by atoms with Crippen molar-refractivity contribution in [2.24, 2.45) is 0 Å². The minimum absolute atomic E-state index is 0.0860. The Bertz CT molecular complexity index is 613. The molecule has 0 atom stereocenters. The fourth-order valence-corrected chi connectivity index (χ4v) is 2.61. The third-order valence-electron chi connectivity index (χ3n) is 3.80. The van der Waals surface area contributed by atoms with Gasteiger partial charge in [0, 0.05) is 18.1 Å². The van der Waals surface area contributed by atoms with E-state index in [1.165, 1.54) is 5.57 Å². The summed E-state index contributed by atoms with van der Waals surface area (Å²) < 4.78 is 17.7. The van der Waals surface area contributed by atoms with Gasteiger partial charge in [-0.05, 0) is 33.1 Å². The van der Waals surface area contributed by atoms with Crippen LogP contribution in [0.15, 0.2) is 17.7 Å². The van der Waals surface area contributed by atoms with E-state index in [9.17, 15) is 4.79 Å². The summed E-state index contributed by atoms with van der Waals surface area (Å²) in [5.41, 5.74) is 2.74. The summed E-state index contributed by atoms with van der Waals surface area (Å²) in [6.45, 7) is 9.86. The van der Waals surface area contributed by atoms with Crippen LogP contribution in [-0.2, 0) is 6.42 Å². The quantitative estimate of drug-likeness (QED) is 0.645. The summed E-state index contributed by atoms with van der Waals surface area (Å²) in [5, 5.41) is 0. The molecule has 0 radical (unpaired) electrons. The predicted octanol–water partition coefficient (Wildman–Crippen LogP) is 4.74. The lowest BCUT2D eigenvalue weighted by Crippen LogP contribution is -2.18. The molecule has 132 valence electrons. The largest absolute Gasteiger partial charge is 0.493 e. The standard InChI is InChI=1S/C20H28O4/c1-5-10-22-17-13-18-19(16(21)9-12-23-18)20(24-11-6-2)15(17)8-7-14(3)4/h7,13H,5-6,8-12H2,1-4H3. The van der Waals surface area contributed by atoms with Crippen molar-refractivity contribution in [3.8, 4) is 17.2 Å². The molecule has 0 bridgehead atoms. The number of carbonyl (C=O) groups is 1. The first kappa shape index (κ1) is 18.4. The highest BCUT2D eigenvalue weighted by atomic mass is 16.5. The highest BCUT2D eigenvalue weighted by Gasteiger charge is 2.28. The molecule has 1 aliphatic heterocycles. The molecular weight excluding hydrogens is 304 g/mol. The Kier molecular flexibility index (Phi) is 6.71. The van der Waals surface area contributed by atoms with Gasteiger partial charge in [-0.1, -0.05) is 25.5 Å². The van der Waals surface area contributed by atoms with E-state index in [0.29, 0.717) is 49.7 Å². The van der Waals surface area contributed by atoms with Crippen LogP contribution in [0.25, 0.3) is 0 Å². The Hall–Kier alpha value is -1.97. The molecular formula is C20H28O4. The zero-order valence-electron chi connectivity index (χ0n) is 15.2. The monoisotopic (exact) mass is 332 g/mol. The third kappa shape index (κ3) is 4.31. The molecule has 0 saturated heterocycles. The Labute approximate surface area is 144 Å². The summed E-state index contributed by atoms with van der Waals surface area (Å²) in [7, 11) is 0. The number of fused-ring (bicyclic) bond motifs is 1. The highest BCUT2D eigenvalue weighted by molar-refractivity contribution is 6.03. The number of ether oxygens (including phenoxy) is 3. The maximum atomic E-state index is 12.5. The highest BCUT2D eigenvalue weighted by Crippen LogP contribution is 2.42. The van der Waals surface area contributed by atoms with Crippen LogP contribution in [-0.4, -0.2) is 25.6 Å². The van der Waals surface area contributed by atoms with Crippen LogP contribution in [0, 0.1) is 0 Å². The predicted molar refractivity (Wildman–Crippen MR) is 95.6 cm³/mol. The molecule has 0 N–H and O–H groups in total. The topological polar surface area (TPSA) is 44.8 Å². The molecule has 1 aromatic carbocycles. The van der Waals surface area contributed by atoms with E-state index in [1.807, 2.05) is 6.07 Å². The first-order chi connectivity index (χ1) is 11.6. The zero-order chi connectivity index (χ0) is 17.5. The van der Waals surface area contributed by atoms with Crippen molar-refractivity contribution in [1.82, 2.24) is 0 Å². The van der Waals surface area contributed by atoms with Gasteiger partial charge in [-0.2, -0.15) is 0 Å². The fraction of sp³-hybridized carbons (Fsp3) is 0.550. The summed E-state index contributed by atoms with van der Waals surface area (Å²) >= 11 is 0. The summed E-state index contributed by atoms with van der Waals surface area (Å²) in [4.78, 5) is 12.5. The van der Waals surface area contributed by atoms with Gasteiger partial charge in [0.05, 0.1) is 19.8 Å². The van der Waals surface area contributed by atoms with E-state index in [-0.39, 0.29) is 5.78 Å². The van der Waals surface area contributed by atoms with Crippen LogP contribution in [0.2, 0.25) is 0 Å². The number of ketones is 1. The van der Waals surface area contributed by atoms with E-state index >= 15 is 0 Å². The van der Waals surface area contributed by atoms with Gasteiger partial charge in [0.2, 0.25) is 0 Å². The van der Waals surface area contributed by atoms with E-state index in [0.717, 1.165) is 24.2 Å². The second-order valence-corrected chi connectivity index (χ2v) is 6.26. The van der Waals surface area contributed by atoms with Crippen molar-refractivity contribution < 1.29 is 19.0 Å². The molecule has 2 rings (SSSR count). The zero-order valence-corrected chi connectivity index (χ0v) is 15.2. The molecule has 1 heterocycles. The van der Waals surface area contributed by atoms with Gasteiger partial charge in [0.15, 0.2) is 5.78 Å². The molecule has 1 aromatic rings. The molecule has 24 heavy (non-hydrogen) atoms. The lowest BCUT2D eigenvalue weighted by molar-refractivity contribution is 0.0927. The fourth-order valence-electron chi connectivity index (χ4n) is 2.61. The van der Waals surface area contributed by atoms with Crippen LogP contribution in [0.3, 0.4) is 0 Å². The number of rotatable bonds is 8. The van der Waals surface area contributed by atoms with Gasteiger partial charge in [0.25, 0.3) is 0 Å². The Balaban J connectivity index is 2.57. The smallest absolute Gasteiger partial charge is 0.173 e. The molecule has 0 aromatic heterocycles. The first-order valence-corrected chi connectivity index (χ1v) is 8.83. The molecule has 4 nitrogen and oxygen atoms in total. The summed E-state index contributed by atoms with van der Waals surface area (Å²) in [6, 6.07) is 1.86. The molecule has 0 unspecified atom stereocenters. The molecule has 0 fully saturated rings. The number of hydrogen-bond acceptors (Lipinski definition) is 4. The van der Waals surface area contributed by atoms with Crippen molar-refractivity contribution in [1.29, 1.82) is 0 Å². The molecule has 1 aliphatic rings. The minimum Gasteiger partial charge on any atom is -0.493 e. The van der Waals surface area contributed by atoms with Crippen LogP contribution in [0.4, 0.5) is 0 Å². The SMILES string of the molecule is CCCOc1cc2c(c(OCCC)c1CC=C(C)C)C(=O)CCO2. The maximum Gasteiger partial charge on any atom is 0.173 e. The minimum atomic E-state index is 0.0860. The van der Waals surface area contributed by atoms with Crippen molar-refractivity contribution >= 4 is 5.78 Å². The lowest BCUT2D eigenvalue weighted by atomic mass is 9.97. The van der Waals surface area contributed by atoms with E-state index < -0.39 is 0 Å². The van der Waals surface area contributed by atoms with Gasteiger partial charge < -0.3 is 14.2 Å². The molecule has 0 saturated carbocycles. The molecule has 4 heteroatoms. The first-order valence-electron chi connectivity index (χ1n) is 8.83. The van der Waals surface area contributed by atoms with Gasteiger partial charge in [-0.15, -0.1) is 0 Å². The van der Waals surface area contributed by atoms with Gasteiger partial charge in [0.1, 0.15) is 22.8 Å². The average Bonchev–Trinajstić information content (AvgIpc) is 2.56. The number of carbonyl (C=O) groups excluding carboxylic acids is 1. The molecule has 0 spiro atoms. The van der Waals surface area contributed by atoms with Crippen molar-refractivity contribution in [3.05, 3.63) is 28.8 Å². The van der Waals surface area contributed by atoms with Gasteiger partial charge >= 0.3 is 0 Å². The van der Waals surface area contributed by atoms with E-state index in [2.05, 4.69) is 33.8 Å². The lowest BCUT2D eigenvalue weighted by Gasteiger charge is -2.24. The van der Waals surface area contributed by atoms with Crippen molar-refractivity contribution in [3.63, 3.8) is 0 Å². The Morgan fingerprint density at radius 2 is 1.92 bits per heavy atom. The van der Waals surface area contributed by atoms with E-state index in [4.69, 9.17) is 14.2 Å². The van der Waals surface area contributed by atoms with Gasteiger partial charge in [-0.25, -0.2) is 0 Å². The Morgan fingerprint density at radius 1 is 1.21 bits per heavy atom. The maximum absolute atomic E-state index is 12.5. The number of benzene rings is 1. The van der Waals surface area contributed by atoms with Crippen LogP contribution < -0.4 is 14.2 Å². The number of allylic oxidation sites excluding steroid dienone is 2. The molecule has 0 amide bonds. The second-order valence-electron chi connectivity index (χ2n) is 6.26. The Morgan fingerprint density at radius 3 is 2.58 bits per heavy atom. The van der Waals surface area contributed by atoms with E-state index in [1.54, 1.807) is 0 Å². The number of Topliss-reactive ketones (excluding diaryl/α,β-unsaturated/α-hetero) is 1. The second kappa shape index (κ2) is 8.76. The summed E-state index contributed by atoms with van der Waals surface area (Å²) in [5.74, 6) is 2.07. The van der Waals surface area contributed by atoms with Crippen molar-refractivity contribution in [2.45, 2.75) is 53.4 Å². The number of hydrogen-bond donors (Lipinski definition) is 0. The van der Waals surface area contributed by atoms with Crippen LogP contribution >= 0.6 is 0 Å². The molecule has 0 aliphatic carbocycles. The third-order valence-corrected chi connectivity index (χ3v) is 3.80. The summed E-state index contributed by atoms with van der Waals surface area (Å²) in [6.07, 6.45) is 5.01. The normalized spacial score (nSPS) is 13.1. The van der Waals surface area contributed by atoms with Gasteiger partial charge in [-0.3, -0.25) is 4.79 Å². The van der Waals surface area contributed by atoms with Crippen molar-refractivity contribution in [2.75, 3.05) is 19.8 Å². The van der Waals surface area contributed by atoms with Crippen LogP contribution in [0.5, 0.6) is 17.2 Å². The average molecular weight is 332 g/mol. The van der Waals surface area contributed by atoms with Crippen LogP contribution in [0.1, 0.15) is 62.9 Å².